The number of nitrogens with zero attached hydrogens (tertiary/aromatic N) is 1. The average molecular weight is 209 g/mol. The fraction of sp³-hybridized carbons (Fsp3) is 0.929. The molecule has 0 spiro atoms. The van der Waals surface area contributed by atoms with E-state index in [0.29, 0.717) is 11.5 Å². The van der Waals surface area contributed by atoms with E-state index in [-0.39, 0.29) is 5.41 Å². The summed E-state index contributed by atoms with van der Waals surface area (Å²) in [6.07, 6.45) is 8.79. The lowest BCUT2D eigenvalue weighted by Crippen LogP contribution is -2.22. The molecule has 0 radical (unpaired) electrons. The molecule has 1 fully saturated rings. The fourth-order valence-electron chi connectivity index (χ4n) is 2.77. The average Bonchev–Trinajstić information content (AvgIpc) is 2.47. The molecule has 1 saturated carbocycles. The van der Waals surface area contributed by atoms with Gasteiger partial charge in [0, 0.05) is 17.7 Å². The normalized spacial score (nSPS) is 20.3. The Bertz CT molecular complexity index is 214. The molecule has 0 amide bonds. The van der Waals surface area contributed by atoms with Gasteiger partial charge in [-0.15, -0.1) is 0 Å². The van der Waals surface area contributed by atoms with Gasteiger partial charge in [-0.25, -0.2) is 0 Å². The maximum atomic E-state index is 4.75. The van der Waals surface area contributed by atoms with Crippen LogP contribution in [0.25, 0.3) is 0 Å². The second-order valence-electron chi connectivity index (χ2n) is 6.94. The van der Waals surface area contributed by atoms with Crippen LogP contribution < -0.4 is 0 Å². The highest BCUT2D eigenvalue weighted by atomic mass is 14.8. The molecule has 1 rings (SSSR count). The molecule has 0 atom stereocenters. The zero-order valence-electron chi connectivity index (χ0n) is 11.1. The van der Waals surface area contributed by atoms with Crippen molar-refractivity contribution in [3.63, 3.8) is 0 Å². The van der Waals surface area contributed by atoms with Crippen LogP contribution in [0.5, 0.6) is 0 Å². The molecule has 0 bridgehead atoms. The fourth-order valence-corrected chi connectivity index (χ4v) is 2.77. The first-order chi connectivity index (χ1) is 6.79. The number of rotatable bonds is 3. The van der Waals surface area contributed by atoms with Crippen LogP contribution in [0.15, 0.2) is 4.99 Å². The van der Waals surface area contributed by atoms with Gasteiger partial charge >= 0.3 is 0 Å². The van der Waals surface area contributed by atoms with Gasteiger partial charge in [0.25, 0.3) is 0 Å². The van der Waals surface area contributed by atoms with E-state index in [1.54, 1.807) is 0 Å². The molecule has 0 aromatic rings. The number of aliphatic imine (C=N–C) groups is 1. The standard InChI is InChI=1S/C14H27N/c1-13(2,3)10-14(4,5)11-15-12-8-6-7-9-12/h11-12H,6-10H2,1-5H3/b15-11+. The van der Waals surface area contributed by atoms with E-state index in [9.17, 15) is 0 Å². The van der Waals surface area contributed by atoms with Crippen molar-refractivity contribution in [1.29, 1.82) is 0 Å². The van der Waals surface area contributed by atoms with Crippen molar-refractivity contribution in [2.45, 2.75) is 72.8 Å². The Kier molecular flexibility index (Phi) is 3.97. The molecule has 0 unspecified atom stereocenters. The van der Waals surface area contributed by atoms with Gasteiger partial charge < -0.3 is 0 Å². The monoisotopic (exact) mass is 209 g/mol. The van der Waals surface area contributed by atoms with Gasteiger partial charge in [0.1, 0.15) is 0 Å². The zero-order chi connectivity index (χ0) is 11.5. The van der Waals surface area contributed by atoms with Gasteiger partial charge in [0.2, 0.25) is 0 Å². The topological polar surface area (TPSA) is 12.4 Å². The van der Waals surface area contributed by atoms with Gasteiger partial charge in [-0.3, -0.25) is 4.99 Å². The van der Waals surface area contributed by atoms with Gasteiger partial charge in [-0.2, -0.15) is 0 Å². The Hall–Kier alpha value is -0.330. The Balaban J connectivity index is 2.47. The van der Waals surface area contributed by atoms with Crippen molar-refractivity contribution in [3.8, 4) is 0 Å². The molecule has 1 nitrogen and oxygen atoms in total. The molecule has 1 aliphatic rings. The highest BCUT2D eigenvalue weighted by Gasteiger charge is 2.24. The van der Waals surface area contributed by atoms with E-state index in [1.165, 1.54) is 32.1 Å². The van der Waals surface area contributed by atoms with Crippen LogP contribution in [0.4, 0.5) is 0 Å². The Morgan fingerprint density at radius 3 is 2.07 bits per heavy atom. The molecule has 88 valence electrons. The summed E-state index contributed by atoms with van der Waals surface area (Å²) in [5, 5.41) is 0. The molecular formula is C14H27N. The summed E-state index contributed by atoms with van der Waals surface area (Å²) in [6, 6.07) is 0.629. The van der Waals surface area contributed by atoms with E-state index in [4.69, 9.17) is 4.99 Å². The van der Waals surface area contributed by atoms with Crippen LogP contribution in [0, 0.1) is 10.8 Å². The molecule has 1 aliphatic carbocycles. The second kappa shape index (κ2) is 4.67. The van der Waals surface area contributed by atoms with Crippen molar-refractivity contribution >= 4 is 6.21 Å². The van der Waals surface area contributed by atoms with Crippen LogP contribution in [-0.2, 0) is 0 Å². The Morgan fingerprint density at radius 1 is 1.07 bits per heavy atom. The second-order valence-corrected chi connectivity index (χ2v) is 6.94. The van der Waals surface area contributed by atoms with Crippen molar-refractivity contribution in [1.82, 2.24) is 0 Å². The summed E-state index contributed by atoms with van der Waals surface area (Å²) in [4.78, 5) is 4.75. The van der Waals surface area contributed by atoms with Gasteiger partial charge in [0.15, 0.2) is 0 Å². The van der Waals surface area contributed by atoms with E-state index in [0.717, 1.165) is 0 Å². The smallest absolute Gasteiger partial charge is 0.0496 e. The summed E-state index contributed by atoms with van der Waals surface area (Å²) in [5.41, 5.74) is 0.645. The third-order valence-corrected chi connectivity index (χ3v) is 2.95. The highest BCUT2D eigenvalue weighted by molar-refractivity contribution is 5.65. The summed E-state index contributed by atoms with van der Waals surface area (Å²) in [6.45, 7) is 11.5. The summed E-state index contributed by atoms with van der Waals surface area (Å²) in [5.74, 6) is 0. The minimum atomic E-state index is 0.251. The first-order valence-corrected chi connectivity index (χ1v) is 6.33. The van der Waals surface area contributed by atoms with Crippen LogP contribution in [-0.4, -0.2) is 12.3 Å². The van der Waals surface area contributed by atoms with Gasteiger partial charge in [-0.05, 0) is 24.7 Å². The van der Waals surface area contributed by atoms with Gasteiger partial charge in [-0.1, -0.05) is 47.5 Å². The lowest BCUT2D eigenvalue weighted by Gasteiger charge is -2.29. The van der Waals surface area contributed by atoms with Crippen LogP contribution in [0.1, 0.15) is 66.7 Å². The van der Waals surface area contributed by atoms with E-state index in [1.807, 2.05) is 0 Å². The van der Waals surface area contributed by atoms with Crippen molar-refractivity contribution in [2.24, 2.45) is 15.8 Å². The molecule has 0 aliphatic heterocycles. The molecule has 1 heteroatoms. The van der Waals surface area contributed by atoms with E-state index < -0.39 is 0 Å². The maximum absolute atomic E-state index is 4.75. The molecule has 0 aromatic carbocycles. The summed E-state index contributed by atoms with van der Waals surface area (Å²) >= 11 is 0. The number of hydrogen-bond acceptors (Lipinski definition) is 1. The minimum Gasteiger partial charge on any atom is -0.294 e. The summed E-state index contributed by atoms with van der Waals surface area (Å²) in [7, 11) is 0. The van der Waals surface area contributed by atoms with Gasteiger partial charge in [0.05, 0.1) is 0 Å². The molecule has 15 heavy (non-hydrogen) atoms. The third-order valence-electron chi connectivity index (χ3n) is 2.95. The SMILES string of the molecule is CC(C)(C)CC(C)(C)/C=N/C1CCCC1. The number of hydrogen-bond donors (Lipinski definition) is 0. The van der Waals surface area contributed by atoms with Crippen molar-refractivity contribution < 1.29 is 0 Å². The van der Waals surface area contributed by atoms with Crippen LogP contribution >= 0.6 is 0 Å². The first kappa shape index (κ1) is 12.7. The van der Waals surface area contributed by atoms with E-state index in [2.05, 4.69) is 40.8 Å². The van der Waals surface area contributed by atoms with E-state index >= 15 is 0 Å². The van der Waals surface area contributed by atoms with Crippen LogP contribution in [0.2, 0.25) is 0 Å². The largest absolute Gasteiger partial charge is 0.294 e. The van der Waals surface area contributed by atoms with Crippen molar-refractivity contribution in [3.05, 3.63) is 0 Å². The van der Waals surface area contributed by atoms with Crippen LogP contribution in [0.3, 0.4) is 0 Å². The quantitative estimate of drug-likeness (QED) is 0.608. The molecular weight excluding hydrogens is 182 g/mol. The zero-order valence-corrected chi connectivity index (χ0v) is 11.1. The first-order valence-electron chi connectivity index (χ1n) is 6.33. The predicted molar refractivity (Wildman–Crippen MR) is 68.6 cm³/mol. The molecule has 0 saturated heterocycles. The highest BCUT2D eigenvalue weighted by Crippen LogP contribution is 2.32. The third kappa shape index (κ3) is 5.34. The lowest BCUT2D eigenvalue weighted by atomic mass is 9.77. The Morgan fingerprint density at radius 2 is 1.60 bits per heavy atom. The lowest BCUT2D eigenvalue weighted by molar-refractivity contribution is 0.282. The molecule has 0 aromatic heterocycles. The Labute approximate surface area is 95.4 Å². The molecule has 0 heterocycles. The van der Waals surface area contributed by atoms with Crippen molar-refractivity contribution in [2.75, 3.05) is 0 Å². The maximum Gasteiger partial charge on any atom is 0.0496 e. The molecule has 0 N–H and O–H groups in total. The summed E-state index contributed by atoms with van der Waals surface area (Å²) < 4.78 is 0. The predicted octanol–water partition coefficient (Wildman–Crippen LogP) is 4.46. The minimum absolute atomic E-state index is 0.251.